The first-order chi connectivity index (χ1) is 43.7. The number of benzene rings is 4. The number of aromatic nitrogens is 5. The SMILES string of the molecule is CCOC(=O)Cc1cnc2c(n1)C=[C+]N2S(=O)(=O)c1ccc(C)cc1.CCOC(=O)N(CC(=O)[C@H]1CN(C(=O)OCc2ccccc2)C[C@H]1CC)c1cnc2c(ccn2S(=O)(=O)c2ccc(C)cc2)n1.CC[C@@H]1CN(C(=O)OCc2ccccc2)C[C@@H]1C(=O)CBr. The van der Waals surface area contributed by atoms with Crippen LogP contribution in [0.4, 0.5) is 26.0 Å². The van der Waals surface area contributed by atoms with Gasteiger partial charge >= 0.3 is 30.1 Å². The van der Waals surface area contributed by atoms with Gasteiger partial charge in [-0.3, -0.25) is 19.3 Å². The van der Waals surface area contributed by atoms with E-state index in [0.717, 1.165) is 41.9 Å². The van der Waals surface area contributed by atoms with E-state index >= 15 is 0 Å². The monoisotopic (exact) mass is 1340 g/mol. The molecule has 4 aromatic carbocycles. The molecule has 3 aliphatic heterocycles. The number of carbonyl (C=O) groups is 6. The van der Waals surface area contributed by atoms with Crippen molar-refractivity contribution >= 4 is 101 Å². The minimum atomic E-state index is -3.96. The molecule has 6 heterocycles. The van der Waals surface area contributed by atoms with E-state index in [-0.39, 0.29) is 114 Å². The van der Waals surface area contributed by atoms with Crippen LogP contribution < -0.4 is 9.21 Å². The second-order valence-electron chi connectivity index (χ2n) is 21.6. The molecule has 0 aliphatic carbocycles. The zero-order valence-electron chi connectivity index (χ0n) is 51.2. The van der Waals surface area contributed by atoms with Crippen molar-refractivity contribution in [3.63, 3.8) is 0 Å². The van der Waals surface area contributed by atoms with Gasteiger partial charge in [0.05, 0.1) is 59.4 Å². The summed E-state index contributed by atoms with van der Waals surface area (Å²) in [5.41, 5.74) is 4.74. The number of ketones is 2. The average Bonchev–Trinajstić information content (AvgIpc) is 1.97. The van der Waals surface area contributed by atoms with Gasteiger partial charge in [-0.15, -0.1) is 0 Å². The van der Waals surface area contributed by atoms with Gasteiger partial charge < -0.3 is 28.7 Å². The van der Waals surface area contributed by atoms with Crippen molar-refractivity contribution < 1.29 is 64.6 Å². The molecule has 0 unspecified atom stereocenters. The van der Waals surface area contributed by atoms with Gasteiger partial charge in [0.15, 0.2) is 29.5 Å². The number of rotatable bonds is 20. The number of nitrogens with zero attached hydrogens (tertiary/aromatic N) is 9. The fourth-order valence-electron chi connectivity index (χ4n) is 10.4. The highest BCUT2D eigenvalue weighted by atomic mass is 79.9. The van der Waals surface area contributed by atoms with Crippen molar-refractivity contribution in [1.29, 1.82) is 0 Å². The van der Waals surface area contributed by atoms with Crippen molar-refractivity contribution in [3.8, 4) is 0 Å². The maximum atomic E-state index is 13.7. The predicted molar refractivity (Wildman–Crippen MR) is 341 cm³/mol. The molecule has 3 amide bonds. The highest BCUT2D eigenvalue weighted by Gasteiger charge is 2.43. The molecule has 4 atom stereocenters. The Bertz CT molecular complexity index is 3970. The number of esters is 1. The van der Waals surface area contributed by atoms with Gasteiger partial charge in [0, 0.05) is 44.2 Å². The summed E-state index contributed by atoms with van der Waals surface area (Å²) in [6.45, 7) is 13.1. The number of likely N-dealkylation sites (tertiary alicyclic amines) is 2. The van der Waals surface area contributed by atoms with Crippen LogP contribution >= 0.6 is 15.9 Å². The molecule has 91 heavy (non-hydrogen) atoms. The topological polar surface area (TPSA) is 277 Å². The highest BCUT2D eigenvalue weighted by Crippen LogP contribution is 2.33. The van der Waals surface area contributed by atoms with Gasteiger partial charge in [-0.05, 0) is 85.3 Å². The largest absolute Gasteiger partial charge is 0.466 e. The zero-order valence-corrected chi connectivity index (χ0v) is 54.4. The quantitative estimate of drug-likeness (QED) is 0.0297. The summed E-state index contributed by atoms with van der Waals surface area (Å²) >= 11 is 3.22. The molecular formula is C65H71BrN9O14S2+. The van der Waals surface area contributed by atoms with Crippen molar-refractivity contribution in [1.82, 2.24) is 33.7 Å². The number of ether oxygens (including phenoxy) is 4. The Labute approximate surface area is 537 Å². The summed E-state index contributed by atoms with van der Waals surface area (Å²) in [5.74, 6) is -0.813. The second-order valence-corrected chi connectivity index (χ2v) is 25.7. The van der Waals surface area contributed by atoms with Gasteiger partial charge in [0.25, 0.3) is 25.7 Å². The van der Waals surface area contributed by atoms with Crippen molar-refractivity contribution in [2.75, 3.05) is 60.5 Å². The van der Waals surface area contributed by atoms with Crippen LogP contribution in [-0.4, -0.2) is 138 Å². The van der Waals surface area contributed by atoms with Crippen LogP contribution in [0.2, 0.25) is 0 Å². The molecule has 3 aliphatic rings. The number of fused-ring (bicyclic) bond motifs is 2. The van der Waals surface area contributed by atoms with E-state index in [1.807, 2.05) is 81.4 Å². The number of hydrogen-bond donors (Lipinski definition) is 0. The van der Waals surface area contributed by atoms with Gasteiger partial charge in [-0.2, -0.15) is 18.4 Å². The Morgan fingerprint density at radius 3 is 1.66 bits per heavy atom. The Morgan fingerprint density at radius 2 is 1.14 bits per heavy atom. The maximum absolute atomic E-state index is 13.7. The summed E-state index contributed by atoms with van der Waals surface area (Å²) in [4.78, 5) is 96.8. The third kappa shape index (κ3) is 16.9. The third-order valence-electron chi connectivity index (χ3n) is 15.3. The molecule has 2 fully saturated rings. The number of carbonyl (C=O) groups excluding carboxylic acids is 6. The van der Waals surface area contributed by atoms with E-state index < -0.39 is 44.1 Å². The Kier molecular flexibility index (Phi) is 23.3. The minimum Gasteiger partial charge on any atom is -0.466 e. The number of alkyl halides is 1. The van der Waals surface area contributed by atoms with Crippen LogP contribution in [0.1, 0.15) is 74.2 Å². The number of amides is 3. The van der Waals surface area contributed by atoms with E-state index in [9.17, 15) is 45.6 Å². The first kappa shape index (κ1) is 68.0. The smallest absolute Gasteiger partial charge is 0.415 e. The Balaban J connectivity index is 0.000000195. The fourth-order valence-corrected chi connectivity index (χ4v) is 13.3. The van der Waals surface area contributed by atoms with Crippen molar-refractivity contribution in [3.05, 3.63) is 174 Å². The molecule has 3 aromatic heterocycles. The summed E-state index contributed by atoms with van der Waals surface area (Å²) in [7, 11) is -7.77. The number of anilines is 2. The minimum absolute atomic E-state index is 0.0212. The second kappa shape index (κ2) is 31.2. The van der Waals surface area contributed by atoms with E-state index in [1.165, 1.54) is 59.9 Å². The Hall–Kier alpha value is -8.97. The summed E-state index contributed by atoms with van der Waals surface area (Å²) in [6, 6.07) is 33.4. The number of aryl methyl sites for hydroxylation is 2. The molecular weight excluding hydrogens is 1270 g/mol. The maximum Gasteiger partial charge on any atom is 0.415 e. The standard InChI is InChI=1S/C32H35N5O7S.C17H16N3O4S.C16H20BrNO3/c1-4-24-18-35(31(39)44-21-23-9-7-6-8-10-23)19-26(24)28(38)20-36(32(40)43-5-2)29-17-33-30-27(34-29)15-16-37(30)45(41,42)25-13-11-22(3)12-14-25;1-3-24-16(21)10-13-11-18-17-15(19-13)8-9-20(17)25(22,23)14-6-4-12(2)5-7-14;1-2-13-9-18(10-14(13)15(19)8-17)16(20)21-11-12-6-4-3-5-7-12/h6-17,24,26H,4-5,18-21H2,1-3H3;4-8,11H,3,10H2,1-2H3;3-7,13-14H,2,8-11H2,1H3/q;+1;/t24-,26+;;13-,14+/m1.1/s1. The van der Waals surface area contributed by atoms with Crippen LogP contribution in [0.3, 0.4) is 0 Å². The predicted octanol–water partition coefficient (Wildman–Crippen LogP) is 9.92. The number of sulfonamides is 1. The average molecular weight is 1350 g/mol. The van der Waals surface area contributed by atoms with Crippen LogP contribution in [0, 0.1) is 43.7 Å². The van der Waals surface area contributed by atoms with Gasteiger partial charge in [-0.25, -0.2) is 36.7 Å². The van der Waals surface area contributed by atoms with E-state index in [4.69, 9.17) is 18.9 Å². The summed E-state index contributed by atoms with van der Waals surface area (Å²) in [5, 5.41) is 0.348. The lowest BCUT2D eigenvalue weighted by atomic mass is 9.90. The van der Waals surface area contributed by atoms with E-state index in [0.29, 0.717) is 42.8 Å². The van der Waals surface area contributed by atoms with Crippen LogP contribution in [0.15, 0.2) is 144 Å². The molecule has 26 heteroatoms. The molecule has 0 spiro atoms. The molecule has 0 N–H and O–H groups in total. The fraction of sp³-hybridized carbons (Fsp3) is 0.354. The molecule has 2 saturated heterocycles. The van der Waals surface area contributed by atoms with E-state index in [1.54, 1.807) is 43.0 Å². The van der Waals surface area contributed by atoms with Gasteiger partial charge in [0.1, 0.15) is 24.5 Å². The molecule has 0 bridgehead atoms. The number of Topliss-reactive ketones (excluding diaryl/α,β-unsaturated/α-hetero) is 2. The third-order valence-corrected chi connectivity index (χ3v) is 19.2. The number of hydrogen-bond acceptors (Lipinski definition) is 18. The van der Waals surface area contributed by atoms with E-state index in [2.05, 4.69) is 49.0 Å². The lowest BCUT2D eigenvalue weighted by Gasteiger charge is -2.23. The zero-order chi connectivity index (χ0) is 65.4. The summed E-state index contributed by atoms with van der Waals surface area (Å²) in [6.07, 6.45) is 7.94. The van der Waals surface area contributed by atoms with Crippen LogP contribution in [0.5, 0.6) is 0 Å². The lowest BCUT2D eigenvalue weighted by Crippen LogP contribution is -2.41. The normalized spacial score (nSPS) is 16.5. The molecule has 0 radical (unpaired) electrons. The molecule has 7 aromatic rings. The van der Waals surface area contributed by atoms with Gasteiger partial charge in [-0.1, -0.05) is 139 Å². The number of halogens is 1. The molecule has 23 nitrogen and oxygen atoms in total. The summed E-state index contributed by atoms with van der Waals surface area (Å²) < 4.78 is 75.0. The van der Waals surface area contributed by atoms with Gasteiger partial charge in [0.2, 0.25) is 0 Å². The van der Waals surface area contributed by atoms with Crippen LogP contribution in [-0.2, 0) is 73.0 Å². The molecule has 10 rings (SSSR count). The first-order valence-corrected chi connectivity index (χ1v) is 33.6. The molecule has 478 valence electrons. The molecule has 0 saturated carbocycles. The van der Waals surface area contributed by atoms with Crippen LogP contribution in [0.25, 0.3) is 17.2 Å². The Morgan fingerprint density at radius 1 is 0.615 bits per heavy atom. The highest BCUT2D eigenvalue weighted by molar-refractivity contribution is 9.09. The first-order valence-electron chi connectivity index (χ1n) is 29.5. The van der Waals surface area contributed by atoms with Crippen molar-refractivity contribution in [2.45, 2.75) is 83.8 Å². The van der Waals surface area contributed by atoms with Crippen molar-refractivity contribution in [2.24, 2.45) is 23.7 Å². The lowest BCUT2D eigenvalue weighted by molar-refractivity contribution is -0.142.